The van der Waals surface area contributed by atoms with E-state index in [1.165, 1.54) is 0 Å². The number of amides is 3. The highest BCUT2D eigenvalue weighted by Gasteiger charge is 2.21. The number of carbonyl (C=O) groups is 2. The topological polar surface area (TPSA) is 61.4 Å². The molecule has 1 aliphatic rings. The van der Waals surface area contributed by atoms with Crippen molar-refractivity contribution in [2.75, 3.05) is 17.3 Å². The maximum absolute atomic E-state index is 12.5. The summed E-state index contributed by atoms with van der Waals surface area (Å²) in [6.07, 6.45) is 0. The average Bonchev–Trinajstić information content (AvgIpc) is 3.09. The Morgan fingerprint density at radius 3 is 2.46 bits per heavy atom. The van der Waals surface area contributed by atoms with Gasteiger partial charge < -0.3 is 10.6 Å². The van der Waals surface area contributed by atoms with Crippen LogP contribution in [0, 0.1) is 6.92 Å². The number of benzene rings is 3. The molecule has 28 heavy (non-hydrogen) atoms. The van der Waals surface area contributed by atoms with Crippen molar-refractivity contribution in [3.63, 3.8) is 0 Å². The summed E-state index contributed by atoms with van der Waals surface area (Å²) in [7, 11) is 1.74. The molecule has 0 aliphatic carbocycles. The van der Waals surface area contributed by atoms with Gasteiger partial charge in [-0.05, 0) is 59.5 Å². The lowest BCUT2D eigenvalue weighted by atomic mass is 9.97. The number of fused-ring (bicyclic) bond motifs is 1. The van der Waals surface area contributed by atoms with E-state index in [9.17, 15) is 9.59 Å². The van der Waals surface area contributed by atoms with Crippen LogP contribution < -0.4 is 15.5 Å². The molecule has 0 atom stereocenters. The third kappa shape index (κ3) is 3.34. The summed E-state index contributed by atoms with van der Waals surface area (Å²) in [5.41, 5.74) is 6.45. The largest absolute Gasteiger partial charge is 0.348 e. The number of rotatable bonds is 3. The standard InChI is InChI=1S/C23H21N3O2/c1-15-5-3-6-17(13-15)25-23(28)26(2)18-11-9-16(10-12-18)19-7-4-8-20-21(19)14-24-22(20)27/h3-13H,14H2,1-2H3,(H,24,27)(H,25,28). The van der Waals surface area contributed by atoms with E-state index in [4.69, 9.17) is 0 Å². The normalized spacial score (nSPS) is 12.3. The minimum Gasteiger partial charge on any atom is -0.348 e. The van der Waals surface area contributed by atoms with Crippen molar-refractivity contribution in [1.82, 2.24) is 5.32 Å². The van der Waals surface area contributed by atoms with Crippen molar-refractivity contribution >= 4 is 23.3 Å². The molecule has 3 aromatic rings. The molecule has 4 rings (SSSR count). The van der Waals surface area contributed by atoms with Crippen molar-refractivity contribution in [1.29, 1.82) is 0 Å². The monoisotopic (exact) mass is 371 g/mol. The summed E-state index contributed by atoms with van der Waals surface area (Å²) in [6, 6.07) is 21.0. The molecular formula is C23H21N3O2. The van der Waals surface area contributed by atoms with Crippen LogP contribution in [0.15, 0.2) is 66.7 Å². The molecule has 1 heterocycles. The first-order valence-corrected chi connectivity index (χ1v) is 9.15. The van der Waals surface area contributed by atoms with Crippen LogP contribution in [-0.4, -0.2) is 19.0 Å². The molecule has 140 valence electrons. The van der Waals surface area contributed by atoms with Crippen LogP contribution >= 0.6 is 0 Å². The number of aryl methyl sites for hydroxylation is 1. The Kier molecular flexibility index (Phi) is 4.57. The zero-order chi connectivity index (χ0) is 19.7. The maximum Gasteiger partial charge on any atom is 0.326 e. The summed E-state index contributed by atoms with van der Waals surface area (Å²) in [6.45, 7) is 2.53. The molecule has 0 spiro atoms. The van der Waals surface area contributed by atoms with Crippen LogP contribution in [0.4, 0.5) is 16.2 Å². The van der Waals surface area contributed by atoms with Crippen LogP contribution in [0.3, 0.4) is 0 Å². The van der Waals surface area contributed by atoms with Gasteiger partial charge in [0.2, 0.25) is 0 Å². The Hall–Kier alpha value is -3.60. The van der Waals surface area contributed by atoms with Gasteiger partial charge in [0.25, 0.3) is 5.91 Å². The van der Waals surface area contributed by atoms with Gasteiger partial charge in [-0.3, -0.25) is 9.69 Å². The number of urea groups is 1. The fourth-order valence-electron chi connectivity index (χ4n) is 3.44. The second-order valence-corrected chi connectivity index (χ2v) is 6.92. The smallest absolute Gasteiger partial charge is 0.326 e. The number of hydrogen-bond donors (Lipinski definition) is 2. The second-order valence-electron chi connectivity index (χ2n) is 6.92. The lowest BCUT2D eigenvalue weighted by Crippen LogP contribution is -2.31. The lowest BCUT2D eigenvalue weighted by molar-refractivity contribution is 0.0965. The Morgan fingerprint density at radius 2 is 1.71 bits per heavy atom. The van der Waals surface area contributed by atoms with Crippen molar-refractivity contribution < 1.29 is 9.59 Å². The Balaban J connectivity index is 1.53. The summed E-state index contributed by atoms with van der Waals surface area (Å²) < 4.78 is 0. The molecule has 0 saturated carbocycles. The van der Waals surface area contributed by atoms with Crippen LogP contribution in [-0.2, 0) is 6.54 Å². The van der Waals surface area contributed by atoms with E-state index >= 15 is 0 Å². The molecule has 2 N–H and O–H groups in total. The van der Waals surface area contributed by atoms with E-state index in [1.54, 1.807) is 11.9 Å². The number of nitrogens with zero attached hydrogens (tertiary/aromatic N) is 1. The molecule has 0 unspecified atom stereocenters. The minimum absolute atomic E-state index is 0.0268. The molecule has 3 amide bonds. The van der Waals surface area contributed by atoms with E-state index < -0.39 is 0 Å². The van der Waals surface area contributed by atoms with Crippen LogP contribution in [0.5, 0.6) is 0 Å². The molecule has 0 fully saturated rings. The molecule has 5 heteroatoms. The van der Waals surface area contributed by atoms with Gasteiger partial charge in [-0.15, -0.1) is 0 Å². The molecule has 0 aromatic heterocycles. The highest BCUT2D eigenvalue weighted by Crippen LogP contribution is 2.30. The highest BCUT2D eigenvalue weighted by atomic mass is 16.2. The molecule has 0 radical (unpaired) electrons. The van der Waals surface area contributed by atoms with Crippen LogP contribution in [0.2, 0.25) is 0 Å². The molecule has 5 nitrogen and oxygen atoms in total. The SMILES string of the molecule is Cc1cccc(NC(=O)N(C)c2ccc(-c3cccc4c3CNC4=O)cc2)c1. The van der Waals surface area contributed by atoms with Gasteiger partial charge in [0.15, 0.2) is 0 Å². The predicted octanol–water partition coefficient (Wildman–Crippen LogP) is 4.57. The first kappa shape index (κ1) is 17.8. The zero-order valence-corrected chi connectivity index (χ0v) is 15.8. The summed E-state index contributed by atoms with van der Waals surface area (Å²) in [5.74, 6) is -0.0268. The number of hydrogen-bond acceptors (Lipinski definition) is 2. The van der Waals surface area contributed by atoms with Gasteiger partial charge in [0.1, 0.15) is 0 Å². The first-order valence-electron chi connectivity index (χ1n) is 9.15. The second kappa shape index (κ2) is 7.19. The minimum atomic E-state index is -0.200. The van der Waals surface area contributed by atoms with Gasteiger partial charge in [0, 0.05) is 30.5 Å². The number of carbonyl (C=O) groups excluding carboxylic acids is 2. The predicted molar refractivity (Wildman–Crippen MR) is 112 cm³/mol. The van der Waals surface area contributed by atoms with Gasteiger partial charge in [-0.1, -0.05) is 36.4 Å². The zero-order valence-electron chi connectivity index (χ0n) is 15.8. The third-order valence-electron chi connectivity index (χ3n) is 4.99. The molecular weight excluding hydrogens is 350 g/mol. The van der Waals surface area contributed by atoms with Crippen LogP contribution in [0.25, 0.3) is 11.1 Å². The summed E-state index contributed by atoms with van der Waals surface area (Å²) >= 11 is 0. The van der Waals surface area contributed by atoms with Crippen molar-refractivity contribution in [3.8, 4) is 11.1 Å². The maximum atomic E-state index is 12.5. The Labute approximate surface area is 164 Å². The van der Waals surface area contributed by atoms with E-state index in [2.05, 4.69) is 10.6 Å². The van der Waals surface area contributed by atoms with Gasteiger partial charge >= 0.3 is 6.03 Å². The van der Waals surface area contributed by atoms with E-state index in [0.717, 1.165) is 39.2 Å². The average molecular weight is 371 g/mol. The van der Waals surface area contributed by atoms with Gasteiger partial charge in [-0.2, -0.15) is 0 Å². The Bertz CT molecular complexity index is 1060. The lowest BCUT2D eigenvalue weighted by Gasteiger charge is -2.19. The van der Waals surface area contributed by atoms with E-state index in [1.807, 2.05) is 73.7 Å². The fraction of sp³-hybridized carbons (Fsp3) is 0.130. The molecule has 0 bridgehead atoms. The quantitative estimate of drug-likeness (QED) is 0.708. The van der Waals surface area contributed by atoms with Crippen molar-refractivity contribution in [3.05, 3.63) is 83.4 Å². The first-order chi connectivity index (χ1) is 13.5. The molecule has 0 saturated heterocycles. The third-order valence-corrected chi connectivity index (χ3v) is 4.99. The molecule has 1 aliphatic heterocycles. The summed E-state index contributed by atoms with van der Waals surface area (Å²) in [5, 5.41) is 5.77. The number of nitrogens with one attached hydrogen (secondary N) is 2. The van der Waals surface area contributed by atoms with Crippen molar-refractivity contribution in [2.24, 2.45) is 0 Å². The van der Waals surface area contributed by atoms with Crippen LogP contribution in [0.1, 0.15) is 21.5 Å². The highest BCUT2D eigenvalue weighted by molar-refractivity contribution is 6.02. The van der Waals surface area contributed by atoms with E-state index in [-0.39, 0.29) is 11.9 Å². The van der Waals surface area contributed by atoms with Gasteiger partial charge in [-0.25, -0.2) is 4.79 Å². The van der Waals surface area contributed by atoms with E-state index in [0.29, 0.717) is 6.54 Å². The fourth-order valence-corrected chi connectivity index (χ4v) is 3.44. The van der Waals surface area contributed by atoms with Gasteiger partial charge in [0.05, 0.1) is 0 Å². The number of anilines is 2. The Morgan fingerprint density at radius 1 is 1.00 bits per heavy atom. The molecule has 3 aromatic carbocycles. The summed E-state index contributed by atoms with van der Waals surface area (Å²) in [4.78, 5) is 26.0. The van der Waals surface area contributed by atoms with Crippen molar-refractivity contribution in [2.45, 2.75) is 13.5 Å².